The first kappa shape index (κ1) is 22.7. The van der Waals surface area contributed by atoms with Crippen LogP contribution in [0.4, 0.5) is 0 Å². The molecule has 1 heterocycles. The second-order valence-electron chi connectivity index (χ2n) is 8.73. The maximum Gasteiger partial charge on any atom is 0.339 e. The van der Waals surface area contributed by atoms with Crippen LogP contribution in [0, 0.1) is 0 Å². The number of hydrogen-bond acceptors (Lipinski definition) is 4. The summed E-state index contributed by atoms with van der Waals surface area (Å²) in [6.45, 7) is 6.06. The summed E-state index contributed by atoms with van der Waals surface area (Å²) in [4.78, 5) is 23.9. The van der Waals surface area contributed by atoms with Gasteiger partial charge in [-0.25, -0.2) is 9.59 Å². The van der Waals surface area contributed by atoms with E-state index in [-0.39, 0.29) is 11.5 Å². The van der Waals surface area contributed by atoms with E-state index in [4.69, 9.17) is 4.74 Å². The predicted octanol–water partition coefficient (Wildman–Crippen LogP) is 6.17. The van der Waals surface area contributed by atoms with Crippen molar-refractivity contribution in [3.8, 4) is 11.1 Å². The first-order chi connectivity index (χ1) is 15.6. The number of hydrogen-bond donors (Lipinski definition) is 1. The molecule has 3 aromatic carbocycles. The zero-order valence-corrected chi connectivity index (χ0v) is 20.1. The molecule has 33 heavy (non-hydrogen) atoms. The maximum atomic E-state index is 12.7. The number of ether oxygens (including phenoxy) is 1. The third kappa shape index (κ3) is 4.98. The van der Waals surface area contributed by atoms with Crippen molar-refractivity contribution in [2.75, 3.05) is 0 Å². The molecule has 0 saturated carbocycles. The lowest BCUT2D eigenvalue weighted by atomic mass is 9.98. The molecule has 0 amide bonds. The Kier molecular flexibility index (Phi) is 6.08. The highest BCUT2D eigenvalue weighted by molar-refractivity contribution is 9.10. The lowest BCUT2D eigenvalue weighted by Crippen LogP contribution is -2.24. The summed E-state index contributed by atoms with van der Waals surface area (Å²) in [5.74, 6) is -1.32. The van der Waals surface area contributed by atoms with Gasteiger partial charge in [-0.1, -0.05) is 42.5 Å². The van der Waals surface area contributed by atoms with E-state index in [9.17, 15) is 14.7 Å². The van der Waals surface area contributed by atoms with Gasteiger partial charge in [-0.2, -0.15) is 5.10 Å². The Morgan fingerprint density at radius 3 is 2.39 bits per heavy atom. The number of benzene rings is 3. The third-order valence-corrected chi connectivity index (χ3v) is 5.68. The van der Waals surface area contributed by atoms with E-state index in [2.05, 4.69) is 21.0 Å². The number of carbonyl (C=O) groups excluding carboxylic acids is 1. The molecule has 6 nitrogen and oxygen atoms in total. The minimum absolute atomic E-state index is 0.218. The standard InChI is InChI=1S/C26H23BrN2O4/c1-26(2,3)33-25(32)20-7-5-4-6-19(20)17-10-8-16(9-11-17)15-29-22-13-12-18(24(30)31)14-21(22)23(27)28-29/h4-14H,15H2,1-3H3,(H,30,31). The molecular formula is C26H23BrN2O4. The zero-order valence-electron chi connectivity index (χ0n) is 18.5. The molecule has 0 aliphatic rings. The Hall–Kier alpha value is -3.45. The Bertz CT molecular complexity index is 1350. The van der Waals surface area contributed by atoms with Crippen LogP contribution in [-0.4, -0.2) is 32.4 Å². The second-order valence-corrected chi connectivity index (χ2v) is 9.48. The summed E-state index contributed by atoms with van der Waals surface area (Å²) in [6, 6.07) is 20.3. The van der Waals surface area contributed by atoms with Crippen LogP contribution < -0.4 is 0 Å². The van der Waals surface area contributed by atoms with E-state index in [0.29, 0.717) is 16.7 Å². The van der Waals surface area contributed by atoms with Crippen LogP contribution in [0.15, 0.2) is 71.3 Å². The molecule has 0 spiro atoms. The van der Waals surface area contributed by atoms with Gasteiger partial charge < -0.3 is 9.84 Å². The van der Waals surface area contributed by atoms with E-state index < -0.39 is 11.6 Å². The molecule has 7 heteroatoms. The lowest BCUT2D eigenvalue weighted by molar-refractivity contribution is 0.00702. The molecule has 0 unspecified atom stereocenters. The summed E-state index contributed by atoms with van der Waals surface area (Å²) >= 11 is 3.43. The maximum absolute atomic E-state index is 12.7. The minimum Gasteiger partial charge on any atom is -0.478 e. The topological polar surface area (TPSA) is 81.4 Å². The van der Waals surface area contributed by atoms with Gasteiger partial charge in [0, 0.05) is 5.39 Å². The molecule has 0 saturated heterocycles. The predicted molar refractivity (Wildman–Crippen MR) is 131 cm³/mol. The summed E-state index contributed by atoms with van der Waals surface area (Å²) in [7, 11) is 0. The zero-order chi connectivity index (χ0) is 23.8. The number of halogens is 1. The number of rotatable bonds is 5. The largest absolute Gasteiger partial charge is 0.478 e. The molecule has 0 aliphatic heterocycles. The molecule has 0 aliphatic carbocycles. The average Bonchev–Trinajstić information content (AvgIpc) is 3.08. The van der Waals surface area contributed by atoms with Crippen LogP contribution in [0.2, 0.25) is 0 Å². The fourth-order valence-corrected chi connectivity index (χ4v) is 4.11. The fraction of sp³-hybridized carbons (Fsp3) is 0.192. The normalized spacial score (nSPS) is 11.5. The van der Waals surface area contributed by atoms with Crippen molar-refractivity contribution in [3.63, 3.8) is 0 Å². The third-order valence-electron chi connectivity index (χ3n) is 5.10. The summed E-state index contributed by atoms with van der Waals surface area (Å²) in [5.41, 5.74) is 3.76. The number of carbonyl (C=O) groups is 2. The molecular weight excluding hydrogens is 484 g/mol. The van der Waals surface area contributed by atoms with Crippen LogP contribution in [0.5, 0.6) is 0 Å². The highest BCUT2D eigenvalue weighted by Crippen LogP contribution is 2.28. The molecule has 168 valence electrons. The van der Waals surface area contributed by atoms with Crippen molar-refractivity contribution < 1.29 is 19.4 Å². The monoisotopic (exact) mass is 506 g/mol. The van der Waals surface area contributed by atoms with Crippen LogP contribution in [0.3, 0.4) is 0 Å². The van der Waals surface area contributed by atoms with Gasteiger partial charge in [0.15, 0.2) is 0 Å². The van der Waals surface area contributed by atoms with Crippen LogP contribution in [0.1, 0.15) is 47.1 Å². The lowest BCUT2D eigenvalue weighted by Gasteiger charge is -2.20. The molecule has 1 N–H and O–H groups in total. The summed E-state index contributed by atoms with van der Waals surface area (Å²) in [5, 5.41) is 14.5. The van der Waals surface area contributed by atoms with Gasteiger partial charge in [0.2, 0.25) is 0 Å². The Morgan fingerprint density at radius 2 is 1.73 bits per heavy atom. The van der Waals surface area contributed by atoms with Gasteiger partial charge in [0.05, 0.1) is 23.2 Å². The second kappa shape index (κ2) is 8.83. The van der Waals surface area contributed by atoms with E-state index in [0.717, 1.165) is 27.6 Å². The van der Waals surface area contributed by atoms with Gasteiger partial charge in [-0.3, -0.25) is 4.68 Å². The number of carboxylic acids is 1. The number of esters is 1. The highest BCUT2D eigenvalue weighted by Gasteiger charge is 2.20. The van der Waals surface area contributed by atoms with Crippen LogP contribution in [0.25, 0.3) is 22.0 Å². The number of fused-ring (bicyclic) bond motifs is 1. The van der Waals surface area contributed by atoms with Crippen molar-refractivity contribution in [2.45, 2.75) is 32.9 Å². The quantitative estimate of drug-likeness (QED) is 0.327. The number of nitrogens with zero attached hydrogens (tertiary/aromatic N) is 2. The first-order valence-corrected chi connectivity index (χ1v) is 11.2. The van der Waals surface area contributed by atoms with Crippen LogP contribution in [-0.2, 0) is 11.3 Å². The van der Waals surface area contributed by atoms with E-state index >= 15 is 0 Å². The minimum atomic E-state index is -0.973. The number of aromatic carboxylic acids is 1. The van der Waals surface area contributed by atoms with Gasteiger partial charge >= 0.3 is 11.9 Å². The van der Waals surface area contributed by atoms with Crippen molar-refractivity contribution in [2.24, 2.45) is 0 Å². The Labute approximate surface area is 199 Å². The number of carboxylic acid groups (broad SMARTS) is 1. The Balaban J connectivity index is 1.61. The van der Waals surface area contributed by atoms with Crippen molar-refractivity contribution >= 4 is 38.8 Å². The van der Waals surface area contributed by atoms with Crippen molar-refractivity contribution in [1.29, 1.82) is 0 Å². The molecule has 0 radical (unpaired) electrons. The van der Waals surface area contributed by atoms with E-state index in [1.807, 2.05) is 67.9 Å². The Morgan fingerprint density at radius 1 is 1.03 bits per heavy atom. The van der Waals surface area contributed by atoms with Gasteiger partial charge in [-0.15, -0.1) is 0 Å². The number of aromatic nitrogens is 2. The molecule has 0 bridgehead atoms. The van der Waals surface area contributed by atoms with Crippen molar-refractivity contribution in [3.05, 3.63) is 88.0 Å². The molecule has 4 rings (SSSR count). The smallest absolute Gasteiger partial charge is 0.339 e. The van der Waals surface area contributed by atoms with Gasteiger partial charge in [0.1, 0.15) is 10.2 Å². The first-order valence-electron chi connectivity index (χ1n) is 10.4. The summed E-state index contributed by atoms with van der Waals surface area (Å²) in [6.07, 6.45) is 0. The molecule has 1 aromatic heterocycles. The highest BCUT2D eigenvalue weighted by atomic mass is 79.9. The van der Waals surface area contributed by atoms with Crippen LogP contribution >= 0.6 is 15.9 Å². The van der Waals surface area contributed by atoms with Gasteiger partial charge in [0.25, 0.3) is 0 Å². The van der Waals surface area contributed by atoms with E-state index in [1.54, 1.807) is 24.3 Å². The van der Waals surface area contributed by atoms with E-state index in [1.165, 1.54) is 0 Å². The average molecular weight is 507 g/mol. The molecule has 0 atom stereocenters. The van der Waals surface area contributed by atoms with Gasteiger partial charge in [-0.05, 0) is 77.7 Å². The summed E-state index contributed by atoms with van der Waals surface area (Å²) < 4.78 is 7.99. The fourth-order valence-electron chi connectivity index (χ4n) is 3.60. The molecule has 0 fully saturated rings. The van der Waals surface area contributed by atoms with Crippen molar-refractivity contribution in [1.82, 2.24) is 9.78 Å². The SMILES string of the molecule is CC(C)(C)OC(=O)c1ccccc1-c1ccc(Cn2nc(Br)c3cc(C(=O)O)ccc32)cc1. The molecule has 4 aromatic rings.